The van der Waals surface area contributed by atoms with Gasteiger partial charge in [-0.3, -0.25) is 10.1 Å². The molecule has 0 aromatic carbocycles. The third-order valence-electron chi connectivity index (χ3n) is 2.20. The molecule has 0 unspecified atom stereocenters. The first-order chi connectivity index (χ1) is 8.60. The number of pyridine rings is 1. The molecule has 0 bridgehead atoms. The Hall–Kier alpha value is -1.89. The van der Waals surface area contributed by atoms with Crippen molar-refractivity contribution in [3.8, 4) is 0 Å². The molecule has 94 valence electrons. The molecular weight excluding hydrogens is 300 g/mol. The maximum Gasteiger partial charge on any atom is 0.261 e. The summed E-state index contributed by atoms with van der Waals surface area (Å²) < 4.78 is 5.65. The topological polar surface area (TPSA) is 80.0 Å². The lowest BCUT2D eigenvalue weighted by molar-refractivity contribution is 0.102. The zero-order valence-corrected chi connectivity index (χ0v) is 11.4. The largest absolute Gasteiger partial charge is 0.372 e. The molecule has 2 rings (SSSR count). The van der Waals surface area contributed by atoms with E-state index in [2.05, 4.69) is 36.7 Å². The lowest BCUT2D eigenvalue weighted by Crippen LogP contribution is -2.14. The molecule has 2 aromatic heterocycles. The Morgan fingerprint density at radius 3 is 2.83 bits per heavy atom. The average molecular weight is 311 g/mol. The van der Waals surface area contributed by atoms with Gasteiger partial charge in [-0.15, -0.1) is 0 Å². The lowest BCUT2D eigenvalue weighted by atomic mass is 10.2. The number of anilines is 2. The van der Waals surface area contributed by atoms with Gasteiger partial charge < -0.3 is 9.84 Å². The highest BCUT2D eigenvalue weighted by molar-refractivity contribution is 9.10. The highest BCUT2D eigenvalue weighted by Crippen LogP contribution is 2.19. The first kappa shape index (κ1) is 12.6. The second-order valence-electron chi connectivity index (χ2n) is 3.59. The molecule has 0 aliphatic carbocycles. The number of aryl methyl sites for hydroxylation is 1. The summed E-state index contributed by atoms with van der Waals surface area (Å²) in [6.45, 7) is 1.78. The minimum absolute atomic E-state index is 0.305. The molecule has 6 nitrogen and oxygen atoms in total. The van der Waals surface area contributed by atoms with Crippen molar-refractivity contribution in [3.63, 3.8) is 0 Å². The van der Waals surface area contributed by atoms with Gasteiger partial charge in [0.05, 0.1) is 11.3 Å². The van der Waals surface area contributed by atoms with E-state index in [9.17, 15) is 4.79 Å². The van der Waals surface area contributed by atoms with E-state index in [1.54, 1.807) is 32.3 Å². The highest BCUT2D eigenvalue weighted by Gasteiger charge is 2.14. The van der Waals surface area contributed by atoms with Gasteiger partial charge in [0.25, 0.3) is 5.91 Å². The summed E-state index contributed by atoms with van der Waals surface area (Å²) in [6.07, 6.45) is 1.61. The van der Waals surface area contributed by atoms with Crippen LogP contribution >= 0.6 is 15.9 Å². The number of hydrogen-bond acceptors (Lipinski definition) is 5. The van der Waals surface area contributed by atoms with Gasteiger partial charge in [0.15, 0.2) is 0 Å². The van der Waals surface area contributed by atoms with E-state index in [0.717, 1.165) is 4.47 Å². The normalized spacial score (nSPS) is 10.2. The van der Waals surface area contributed by atoms with E-state index in [0.29, 0.717) is 23.0 Å². The summed E-state index contributed by atoms with van der Waals surface area (Å²) >= 11 is 3.28. The molecular formula is C11H11BrN4O2. The number of rotatable bonds is 3. The maximum absolute atomic E-state index is 12.1. The monoisotopic (exact) mass is 310 g/mol. The molecule has 2 heterocycles. The van der Waals surface area contributed by atoms with Crippen LogP contribution in [0.3, 0.4) is 0 Å². The van der Waals surface area contributed by atoms with Crippen LogP contribution in [0.15, 0.2) is 27.3 Å². The van der Waals surface area contributed by atoms with Gasteiger partial charge in [-0.1, -0.05) is 5.16 Å². The van der Waals surface area contributed by atoms with Gasteiger partial charge in [0.2, 0.25) is 5.88 Å². The van der Waals surface area contributed by atoms with Crippen LogP contribution in [-0.2, 0) is 0 Å². The molecule has 0 aliphatic heterocycles. The summed E-state index contributed by atoms with van der Waals surface area (Å²) in [5, 5.41) is 9.16. The predicted octanol–water partition coefficient (Wildman–Crippen LogP) is 2.43. The second kappa shape index (κ2) is 5.18. The predicted molar refractivity (Wildman–Crippen MR) is 70.7 cm³/mol. The van der Waals surface area contributed by atoms with Crippen LogP contribution in [0.2, 0.25) is 0 Å². The van der Waals surface area contributed by atoms with Crippen molar-refractivity contribution >= 4 is 33.5 Å². The summed E-state index contributed by atoms with van der Waals surface area (Å²) in [5.74, 6) is 0.482. The van der Waals surface area contributed by atoms with E-state index in [1.807, 2.05) is 0 Å². The molecule has 0 atom stereocenters. The summed E-state index contributed by atoms with van der Waals surface area (Å²) in [7, 11) is 1.70. The molecule has 2 N–H and O–H groups in total. The van der Waals surface area contributed by atoms with Crippen molar-refractivity contribution in [2.75, 3.05) is 17.7 Å². The van der Waals surface area contributed by atoms with Crippen molar-refractivity contribution in [2.45, 2.75) is 6.92 Å². The van der Waals surface area contributed by atoms with Crippen molar-refractivity contribution in [1.82, 2.24) is 10.1 Å². The van der Waals surface area contributed by atoms with Gasteiger partial charge >= 0.3 is 0 Å². The molecule has 0 aliphatic rings. The van der Waals surface area contributed by atoms with Crippen molar-refractivity contribution in [2.24, 2.45) is 0 Å². The van der Waals surface area contributed by atoms with E-state index in [-0.39, 0.29) is 5.91 Å². The third-order valence-corrected chi connectivity index (χ3v) is 2.63. The van der Waals surface area contributed by atoms with Gasteiger partial charge in [-0.2, -0.15) is 0 Å². The van der Waals surface area contributed by atoms with Crippen molar-refractivity contribution in [1.29, 1.82) is 0 Å². The average Bonchev–Trinajstić information content (AvgIpc) is 2.74. The Balaban J connectivity index is 2.25. The van der Waals surface area contributed by atoms with E-state index in [4.69, 9.17) is 4.52 Å². The molecule has 0 saturated heterocycles. The first-order valence-electron chi connectivity index (χ1n) is 5.18. The fourth-order valence-electron chi connectivity index (χ4n) is 1.41. The van der Waals surface area contributed by atoms with Gasteiger partial charge in [-0.25, -0.2) is 4.98 Å². The van der Waals surface area contributed by atoms with Crippen LogP contribution in [-0.4, -0.2) is 23.1 Å². The molecule has 7 heteroatoms. The minimum atomic E-state index is -0.315. The number of aromatic nitrogens is 2. The number of amides is 1. The number of carbonyl (C=O) groups is 1. The fraction of sp³-hybridized carbons (Fsp3) is 0.182. The lowest BCUT2D eigenvalue weighted by Gasteiger charge is -2.07. The minimum Gasteiger partial charge on any atom is -0.372 e. The number of halogens is 1. The van der Waals surface area contributed by atoms with Crippen LogP contribution in [0.5, 0.6) is 0 Å². The molecule has 0 radical (unpaired) electrons. The van der Waals surface area contributed by atoms with Crippen molar-refractivity contribution in [3.05, 3.63) is 34.1 Å². The Morgan fingerprint density at radius 1 is 1.44 bits per heavy atom. The molecule has 0 fully saturated rings. The Labute approximate surface area is 112 Å². The van der Waals surface area contributed by atoms with E-state index < -0.39 is 0 Å². The van der Waals surface area contributed by atoms with Crippen LogP contribution in [0.25, 0.3) is 0 Å². The van der Waals surface area contributed by atoms with Crippen molar-refractivity contribution < 1.29 is 9.32 Å². The molecule has 1 amide bonds. The Kier molecular flexibility index (Phi) is 3.61. The SMILES string of the molecule is CNc1ncc(Br)cc1C(=O)Nc1cc(C)no1. The maximum atomic E-state index is 12.1. The van der Waals surface area contributed by atoms with Crippen LogP contribution in [0.1, 0.15) is 16.1 Å². The van der Waals surface area contributed by atoms with Gasteiger partial charge in [0, 0.05) is 23.8 Å². The zero-order chi connectivity index (χ0) is 13.1. The van der Waals surface area contributed by atoms with Crippen LogP contribution in [0, 0.1) is 6.92 Å². The Morgan fingerprint density at radius 2 is 2.22 bits per heavy atom. The smallest absolute Gasteiger partial charge is 0.261 e. The molecule has 2 aromatic rings. The van der Waals surface area contributed by atoms with Gasteiger partial charge in [-0.05, 0) is 28.9 Å². The van der Waals surface area contributed by atoms with E-state index in [1.165, 1.54) is 0 Å². The summed E-state index contributed by atoms with van der Waals surface area (Å²) in [4.78, 5) is 16.2. The first-order valence-corrected chi connectivity index (χ1v) is 5.97. The third kappa shape index (κ3) is 2.67. The zero-order valence-electron chi connectivity index (χ0n) is 9.82. The fourth-order valence-corrected chi connectivity index (χ4v) is 1.74. The van der Waals surface area contributed by atoms with Crippen LogP contribution < -0.4 is 10.6 Å². The quantitative estimate of drug-likeness (QED) is 0.910. The van der Waals surface area contributed by atoms with E-state index >= 15 is 0 Å². The molecule has 0 spiro atoms. The van der Waals surface area contributed by atoms with Gasteiger partial charge in [0.1, 0.15) is 5.82 Å². The number of carbonyl (C=O) groups excluding carboxylic acids is 1. The molecule has 0 saturated carbocycles. The Bertz CT molecular complexity index is 582. The number of nitrogens with zero attached hydrogens (tertiary/aromatic N) is 2. The standard InChI is InChI=1S/C11H11BrN4O2/c1-6-3-9(18-16-6)15-11(17)8-4-7(12)5-14-10(8)13-2/h3-5H,1-2H3,(H,13,14)(H,15,17). The summed E-state index contributed by atoms with van der Waals surface area (Å²) in [5.41, 5.74) is 1.12. The second-order valence-corrected chi connectivity index (χ2v) is 4.50. The van der Waals surface area contributed by atoms with Crippen LogP contribution in [0.4, 0.5) is 11.7 Å². The molecule has 18 heavy (non-hydrogen) atoms. The number of nitrogens with one attached hydrogen (secondary N) is 2. The number of hydrogen-bond donors (Lipinski definition) is 2. The summed E-state index contributed by atoms with van der Waals surface area (Å²) in [6, 6.07) is 3.32. The highest BCUT2D eigenvalue weighted by atomic mass is 79.9.